The van der Waals surface area contributed by atoms with E-state index in [9.17, 15) is 9.59 Å². The van der Waals surface area contributed by atoms with Gasteiger partial charge in [0.25, 0.3) is 0 Å². The lowest BCUT2D eigenvalue weighted by Crippen LogP contribution is -2.21. The maximum Gasteiger partial charge on any atom is 0.303 e. The summed E-state index contributed by atoms with van der Waals surface area (Å²) in [5, 5.41) is 11.5. The fourth-order valence-electron chi connectivity index (χ4n) is 1.88. The minimum atomic E-state index is -0.824. The van der Waals surface area contributed by atoms with Gasteiger partial charge in [-0.25, -0.2) is 0 Å². The lowest BCUT2D eigenvalue weighted by molar-refractivity contribution is -0.137. The first-order valence-electron chi connectivity index (χ1n) is 6.84. The summed E-state index contributed by atoms with van der Waals surface area (Å²) in [5.41, 5.74) is 7.04. The molecule has 1 amide bonds. The Labute approximate surface area is 119 Å². The molecule has 0 radical (unpaired) electrons. The zero-order valence-corrected chi connectivity index (χ0v) is 11.8. The highest BCUT2D eigenvalue weighted by Gasteiger charge is 2.12. The van der Waals surface area contributed by atoms with Crippen LogP contribution in [0.5, 0.6) is 0 Å². The van der Waals surface area contributed by atoms with E-state index in [1.165, 1.54) is 0 Å². The number of hydrogen-bond donors (Lipinski definition) is 3. The van der Waals surface area contributed by atoms with Gasteiger partial charge in [0.2, 0.25) is 5.91 Å². The lowest BCUT2D eigenvalue weighted by Gasteiger charge is -2.12. The van der Waals surface area contributed by atoms with Crippen molar-refractivity contribution in [2.75, 3.05) is 11.9 Å². The number of aryl methyl sites for hydroxylation is 1. The Bertz CT molecular complexity index is 460. The van der Waals surface area contributed by atoms with Crippen LogP contribution in [0.1, 0.15) is 31.7 Å². The molecule has 110 valence electrons. The van der Waals surface area contributed by atoms with Crippen molar-refractivity contribution in [2.24, 2.45) is 11.7 Å². The minimum Gasteiger partial charge on any atom is -0.481 e. The molecule has 0 spiro atoms. The van der Waals surface area contributed by atoms with E-state index >= 15 is 0 Å². The number of rotatable bonds is 8. The predicted molar refractivity (Wildman–Crippen MR) is 78.5 cm³/mol. The summed E-state index contributed by atoms with van der Waals surface area (Å²) < 4.78 is 0. The number of carboxylic acid groups (broad SMARTS) is 1. The van der Waals surface area contributed by atoms with Crippen molar-refractivity contribution in [2.45, 2.75) is 32.6 Å². The molecule has 4 N–H and O–H groups in total. The molecule has 0 saturated heterocycles. The number of benzene rings is 1. The van der Waals surface area contributed by atoms with Crippen molar-refractivity contribution in [3.8, 4) is 0 Å². The molecule has 1 aromatic carbocycles. The molecule has 0 heterocycles. The summed E-state index contributed by atoms with van der Waals surface area (Å²) in [4.78, 5) is 22.5. The number of carbonyl (C=O) groups excluding carboxylic acids is 1. The molecule has 5 nitrogen and oxygen atoms in total. The van der Waals surface area contributed by atoms with Gasteiger partial charge in [-0.05, 0) is 43.5 Å². The van der Waals surface area contributed by atoms with E-state index in [0.29, 0.717) is 18.7 Å². The van der Waals surface area contributed by atoms with Crippen molar-refractivity contribution in [1.29, 1.82) is 0 Å². The number of aliphatic carboxylic acids is 1. The molecule has 20 heavy (non-hydrogen) atoms. The van der Waals surface area contributed by atoms with Crippen molar-refractivity contribution in [3.63, 3.8) is 0 Å². The molecule has 0 fully saturated rings. The fourth-order valence-corrected chi connectivity index (χ4v) is 1.88. The molecule has 1 rings (SSSR count). The highest BCUT2D eigenvalue weighted by Crippen LogP contribution is 2.15. The predicted octanol–water partition coefficient (Wildman–Crippen LogP) is 2.02. The van der Waals surface area contributed by atoms with E-state index in [0.717, 1.165) is 18.4 Å². The Balaban J connectivity index is 2.56. The molecule has 1 unspecified atom stereocenters. The Kier molecular flexibility index (Phi) is 6.73. The standard InChI is InChI=1S/C15H22N2O3/c1-11(4-3-9-16)15(20)17-13-6-2-5-12(10-13)7-8-14(18)19/h2,5-6,10-11H,3-4,7-9,16H2,1H3,(H,17,20)(H,18,19). The first-order valence-corrected chi connectivity index (χ1v) is 6.84. The number of hydrogen-bond acceptors (Lipinski definition) is 3. The number of nitrogens with one attached hydrogen (secondary N) is 1. The smallest absolute Gasteiger partial charge is 0.303 e. The maximum absolute atomic E-state index is 11.9. The van der Waals surface area contributed by atoms with Crippen molar-refractivity contribution in [3.05, 3.63) is 29.8 Å². The van der Waals surface area contributed by atoms with Crippen molar-refractivity contribution in [1.82, 2.24) is 0 Å². The van der Waals surface area contributed by atoms with Crippen LogP contribution in [0.3, 0.4) is 0 Å². The van der Waals surface area contributed by atoms with Gasteiger partial charge in [0.15, 0.2) is 0 Å². The van der Waals surface area contributed by atoms with E-state index in [-0.39, 0.29) is 18.2 Å². The second-order valence-corrected chi connectivity index (χ2v) is 4.92. The fraction of sp³-hybridized carbons (Fsp3) is 0.467. The van der Waals surface area contributed by atoms with Gasteiger partial charge in [-0.3, -0.25) is 9.59 Å². The summed E-state index contributed by atoms with van der Waals surface area (Å²) in [6, 6.07) is 7.29. The van der Waals surface area contributed by atoms with Gasteiger partial charge >= 0.3 is 5.97 Å². The van der Waals surface area contributed by atoms with Crippen LogP contribution in [0, 0.1) is 5.92 Å². The Morgan fingerprint density at radius 1 is 1.40 bits per heavy atom. The summed E-state index contributed by atoms with van der Waals surface area (Å²) in [5.74, 6) is -0.940. The van der Waals surface area contributed by atoms with Crippen molar-refractivity contribution < 1.29 is 14.7 Å². The summed E-state index contributed by atoms with van der Waals surface area (Å²) in [6.45, 7) is 2.46. The average molecular weight is 278 g/mol. The summed E-state index contributed by atoms with van der Waals surface area (Å²) >= 11 is 0. The monoisotopic (exact) mass is 278 g/mol. The zero-order valence-electron chi connectivity index (χ0n) is 11.8. The largest absolute Gasteiger partial charge is 0.481 e. The van der Waals surface area contributed by atoms with Crippen LogP contribution in [0.2, 0.25) is 0 Å². The molecular formula is C15H22N2O3. The quantitative estimate of drug-likeness (QED) is 0.678. The van der Waals surface area contributed by atoms with Gasteiger partial charge in [-0.1, -0.05) is 19.1 Å². The highest BCUT2D eigenvalue weighted by molar-refractivity contribution is 5.92. The SMILES string of the molecule is CC(CCCN)C(=O)Nc1cccc(CCC(=O)O)c1. The Morgan fingerprint density at radius 3 is 2.80 bits per heavy atom. The molecule has 0 aliphatic carbocycles. The molecule has 1 atom stereocenters. The first-order chi connectivity index (χ1) is 9.52. The van der Waals surface area contributed by atoms with Crippen LogP contribution in [0.25, 0.3) is 0 Å². The Hall–Kier alpha value is -1.88. The second-order valence-electron chi connectivity index (χ2n) is 4.92. The highest BCUT2D eigenvalue weighted by atomic mass is 16.4. The Morgan fingerprint density at radius 2 is 2.15 bits per heavy atom. The van der Waals surface area contributed by atoms with Crippen LogP contribution < -0.4 is 11.1 Å². The third-order valence-electron chi connectivity index (χ3n) is 3.11. The van der Waals surface area contributed by atoms with E-state index in [1.54, 1.807) is 6.07 Å². The number of anilines is 1. The lowest BCUT2D eigenvalue weighted by atomic mass is 10.0. The molecule has 0 bridgehead atoms. The van der Waals surface area contributed by atoms with Gasteiger partial charge in [0.1, 0.15) is 0 Å². The number of carbonyl (C=O) groups is 2. The number of amides is 1. The van der Waals surface area contributed by atoms with Crippen molar-refractivity contribution >= 4 is 17.6 Å². The van der Waals surface area contributed by atoms with Gasteiger partial charge < -0.3 is 16.2 Å². The second kappa shape index (κ2) is 8.32. The molecule has 0 saturated carbocycles. The molecule has 0 aliphatic heterocycles. The molecular weight excluding hydrogens is 256 g/mol. The third-order valence-corrected chi connectivity index (χ3v) is 3.11. The number of nitrogens with two attached hydrogens (primary N) is 1. The van der Waals surface area contributed by atoms with E-state index < -0.39 is 5.97 Å². The van der Waals surface area contributed by atoms with E-state index in [1.807, 2.05) is 25.1 Å². The number of carboxylic acids is 1. The normalized spacial score (nSPS) is 11.9. The van der Waals surface area contributed by atoms with Crippen LogP contribution >= 0.6 is 0 Å². The van der Waals surface area contributed by atoms with Gasteiger partial charge in [-0.15, -0.1) is 0 Å². The van der Waals surface area contributed by atoms with Gasteiger partial charge in [-0.2, -0.15) is 0 Å². The zero-order chi connectivity index (χ0) is 15.0. The minimum absolute atomic E-state index is 0.0335. The summed E-state index contributed by atoms with van der Waals surface area (Å²) in [6.07, 6.45) is 2.14. The van der Waals surface area contributed by atoms with Crippen LogP contribution in [-0.2, 0) is 16.0 Å². The molecule has 0 aliphatic rings. The van der Waals surface area contributed by atoms with Crippen LogP contribution in [0.4, 0.5) is 5.69 Å². The summed E-state index contributed by atoms with van der Waals surface area (Å²) in [7, 11) is 0. The van der Waals surface area contributed by atoms with Gasteiger partial charge in [0.05, 0.1) is 0 Å². The third kappa shape index (κ3) is 5.84. The van der Waals surface area contributed by atoms with E-state index in [4.69, 9.17) is 10.8 Å². The molecule has 0 aromatic heterocycles. The topological polar surface area (TPSA) is 92.4 Å². The average Bonchev–Trinajstić information content (AvgIpc) is 2.42. The van der Waals surface area contributed by atoms with E-state index in [2.05, 4.69) is 5.32 Å². The van der Waals surface area contributed by atoms with Crippen LogP contribution in [0.15, 0.2) is 24.3 Å². The first kappa shape index (κ1) is 16.2. The van der Waals surface area contributed by atoms with Crippen LogP contribution in [-0.4, -0.2) is 23.5 Å². The molecule has 1 aromatic rings. The van der Waals surface area contributed by atoms with Gasteiger partial charge in [0, 0.05) is 18.0 Å². The molecule has 5 heteroatoms. The maximum atomic E-state index is 11.9.